The fourth-order valence-electron chi connectivity index (χ4n) is 2.90. The average Bonchev–Trinajstić information content (AvgIpc) is 2.96. The third kappa shape index (κ3) is 3.40. The number of aromatic hydroxyl groups is 1. The van der Waals surface area contributed by atoms with Crippen LogP contribution in [0.4, 0.5) is 5.69 Å². The minimum Gasteiger partial charge on any atom is -0.508 e. The number of nitrogens with one attached hydrogen (secondary N) is 1. The van der Waals surface area contributed by atoms with Crippen molar-refractivity contribution in [1.82, 2.24) is 5.32 Å². The summed E-state index contributed by atoms with van der Waals surface area (Å²) in [6, 6.07) is 14.3. The first-order chi connectivity index (χ1) is 11.5. The highest BCUT2D eigenvalue weighted by Crippen LogP contribution is 2.26. The zero-order chi connectivity index (χ0) is 17.1. The van der Waals surface area contributed by atoms with Crippen molar-refractivity contribution < 1.29 is 14.7 Å². The third-order valence-corrected chi connectivity index (χ3v) is 4.37. The number of rotatable bonds is 4. The molecule has 1 saturated heterocycles. The van der Waals surface area contributed by atoms with Crippen LogP contribution in [-0.2, 0) is 16.1 Å². The van der Waals surface area contributed by atoms with Gasteiger partial charge in [-0.3, -0.25) is 9.59 Å². The highest BCUT2D eigenvalue weighted by molar-refractivity contribution is 6.00. The summed E-state index contributed by atoms with van der Waals surface area (Å²) in [4.78, 5) is 26.2. The van der Waals surface area contributed by atoms with Gasteiger partial charge in [-0.15, -0.1) is 0 Å². The average molecular weight is 324 g/mol. The van der Waals surface area contributed by atoms with E-state index in [0.29, 0.717) is 18.8 Å². The van der Waals surface area contributed by atoms with Crippen molar-refractivity contribution in [3.05, 3.63) is 59.7 Å². The Morgan fingerprint density at radius 2 is 1.92 bits per heavy atom. The lowest BCUT2D eigenvalue weighted by molar-refractivity contribution is -0.126. The monoisotopic (exact) mass is 324 g/mol. The number of nitrogens with zero attached hydrogens (tertiary/aromatic N) is 1. The van der Waals surface area contributed by atoms with Crippen LogP contribution >= 0.6 is 0 Å². The van der Waals surface area contributed by atoms with E-state index in [1.807, 2.05) is 31.2 Å². The number of hydrogen-bond acceptors (Lipinski definition) is 3. The van der Waals surface area contributed by atoms with Crippen molar-refractivity contribution in [2.24, 2.45) is 5.92 Å². The molecule has 2 aromatic rings. The predicted molar refractivity (Wildman–Crippen MR) is 91.6 cm³/mol. The minimum atomic E-state index is -0.352. The molecule has 2 amide bonds. The fraction of sp³-hybridized carbons (Fsp3) is 0.263. The maximum Gasteiger partial charge on any atom is 0.227 e. The molecule has 0 spiro atoms. The van der Waals surface area contributed by atoms with E-state index < -0.39 is 0 Å². The van der Waals surface area contributed by atoms with Crippen LogP contribution in [0.1, 0.15) is 17.5 Å². The molecule has 2 aromatic carbocycles. The Morgan fingerprint density at radius 1 is 1.21 bits per heavy atom. The predicted octanol–water partition coefficient (Wildman–Crippen LogP) is 2.37. The van der Waals surface area contributed by atoms with Gasteiger partial charge in [0.1, 0.15) is 5.75 Å². The number of benzene rings is 2. The van der Waals surface area contributed by atoms with Gasteiger partial charge in [-0.2, -0.15) is 0 Å². The summed E-state index contributed by atoms with van der Waals surface area (Å²) in [6.07, 6.45) is 0.209. The zero-order valence-corrected chi connectivity index (χ0v) is 13.5. The smallest absolute Gasteiger partial charge is 0.227 e. The van der Waals surface area contributed by atoms with Gasteiger partial charge in [0, 0.05) is 25.2 Å². The number of hydrogen-bond donors (Lipinski definition) is 2. The fourth-order valence-corrected chi connectivity index (χ4v) is 2.90. The van der Waals surface area contributed by atoms with Crippen LogP contribution < -0.4 is 10.2 Å². The van der Waals surface area contributed by atoms with Crippen LogP contribution in [0.15, 0.2) is 48.5 Å². The molecule has 5 heteroatoms. The summed E-state index contributed by atoms with van der Waals surface area (Å²) < 4.78 is 0. The molecule has 1 aliphatic rings. The molecule has 0 unspecified atom stereocenters. The SMILES string of the molecule is Cc1ccccc1CNC(=O)[C@H]1CC(=O)N(c2ccc(O)cc2)C1. The molecule has 0 aliphatic carbocycles. The van der Waals surface area contributed by atoms with E-state index in [1.54, 1.807) is 17.0 Å². The lowest BCUT2D eigenvalue weighted by atomic mass is 10.1. The second-order valence-corrected chi connectivity index (χ2v) is 6.07. The standard InChI is InChI=1S/C19H20N2O3/c1-13-4-2-3-5-14(13)11-20-19(24)15-10-18(23)21(12-15)16-6-8-17(22)9-7-16/h2-9,15,22H,10-12H2,1H3,(H,20,24)/t15-/m0/s1. The first-order valence-electron chi connectivity index (χ1n) is 7.96. The Balaban J connectivity index is 1.62. The van der Waals surface area contributed by atoms with E-state index in [4.69, 9.17) is 0 Å². The molecule has 124 valence electrons. The Bertz CT molecular complexity index is 755. The van der Waals surface area contributed by atoms with Crippen LogP contribution in [0.2, 0.25) is 0 Å². The first-order valence-corrected chi connectivity index (χ1v) is 7.96. The van der Waals surface area contributed by atoms with E-state index in [9.17, 15) is 14.7 Å². The molecule has 24 heavy (non-hydrogen) atoms. The molecule has 5 nitrogen and oxygen atoms in total. The van der Waals surface area contributed by atoms with Crippen molar-refractivity contribution in [3.63, 3.8) is 0 Å². The minimum absolute atomic E-state index is 0.0725. The van der Waals surface area contributed by atoms with Gasteiger partial charge in [-0.05, 0) is 42.3 Å². The van der Waals surface area contributed by atoms with Crippen LogP contribution in [0, 0.1) is 12.8 Å². The maximum absolute atomic E-state index is 12.4. The lowest BCUT2D eigenvalue weighted by Crippen LogP contribution is -2.32. The Labute approximate surface area is 140 Å². The van der Waals surface area contributed by atoms with Crippen LogP contribution in [0.25, 0.3) is 0 Å². The van der Waals surface area contributed by atoms with Gasteiger partial charge in [-0.1, -0.05) is 24.3 Å². The second kappa shape index (κ2) is 6.74. The summed E-state index contributed by atoms with van der Waals surface area (Å²) >= 11 is 0. The third-order valence-electron chi connectivity index (χ3n) is 4.37. The number of phenols is 1. The van der Waals surface area contributed by atoms with Gasteiger partial charge in [0.25, 0.3) is 0 Å². The molecule has 1 fully saturated rings. The van der Waals surface area contributed by atoms with E-state index in [-0.39, 0.29) is 29.9 Å². The second-order valence-electron chi connectivity index (χ2n) is 6.07. The van der Waals surface area contributed by atoms with Crippen molar-refractivity contribution in [3.8, 4) is 5.75 Å². The van der Waals surface area contributed by atoms with Crippen LogP contribution in [0.3, 0.4) is 0 Å². The van der Waals surface area contributed by atoms with Gasteiger partial charge in [-0.25, -0.2) is 0 Å². The number of phenolic OH excluding ortho intramolecular Hbond substituents is 1. The molecule has 1 atom stereocenters. The van der Waals surface area contributed by atoms with Gasteiger partial charge in [0.05, 0.1) is 5.92 Å². The van der Waals surface area contributed by atoms with Gasteiger partial charge in [0.15, 0.2) is 0 Å². The molecule has 0 aromatic heterocycles. The topological polar surface area (TPSA) is 69.6 Å². The molecule has 2 N–H and O–H groups in total. The van der Waals surface area contributed by atoms with Gasteiger partial charge in [0.2, 0.25) is 11.8 Å². The van der Waals surface area contributed by atoms with Crippen LogP contribution in [-0.4, -0.2) is 23.5 Å². The van der Waals surface area contributed by atoms with Crippen LogP contribution in [0.5, 0.6) is 5.75 Å². The molecule has 1 heterocycles. The summed E-state index contributed by atoms with van der Waals surface area (Å²) in [6.45, 7) is 2.84. The Hall–Kier alpha value is -2.82. The molecular formula is C19H20N2O3. The highest BCUT2D eigenvalue weighted by atomic mass is 16.3. The van der Waals surface area contributed by atoms with Crippen molar-refractivity contribution in [1.29, 1.82) is 0 Å². The number of carbonyl (C=O) groups excluding carboxylic acids is 2. The summed E-state index contributed by atoms with van der Waals surface area (Å²) in [5.41, 5.74) is 2.91. The van der Waals surface area contributed by atoms with E-state index in [0.717, 1.165) is 11.1 Å². The molecule has 0 saturated carbocycles. The summed E-state index contributed by atoms with van der Waals surface area (Å²) in [7, 11) is 0. The van der Waals surface area contributed by atoms with Gasteiger partial charge >= 0.3 is 0 Å². The summed E-state index contributed by atoms with van der Waals surface area (Å²) in [5.74, 6) is -0.377. The van der Waals surface area contributed by atoms with Crippen molar-refractivity contribution in [2.75, 3.05) is 11.4 Å². The van der Waals surface area contributed by atoms with E-state index in [1.165, 1.54) is 12.1 Å². The van der Waals surface area contributed by atoms with Crippen molar-refractivity contribution in [2.45, 2.75) is 19.9 Å². The quantitative estimate of drug-likeness (QED) is 0.907. The Kier molecular flexibility index (Phi) is 4.51. The number of anilines is 1. The number of aryl methyl sites for hydroxylation is 1. The largest absolute Gasteiger partial charge is 0.508 e. The van der Waals surface area contributed by atoms with Gasteiger partial charge < -0.3 is 15.3 Å². The molecule has 0 radical (unpaired) electrons. The molecule has 3 rings (SSSR count). The normalized spacial score (nSPS) is 17.1. The highest BCUT2D eigenvalue weighted by Gasteiger charge is 2.34. The van der Waals surface area contributed by atoms with E-state index in [2.05, 4.69) is 5.32 Å². The maximum atomic E-state index is 12.4. The lowest BCUT2D eigenvalue weighted by Gasteiger charge is -2.17. The molecule has 1 aliphatic heterocycles. The Morgan fingerprint density at radius 3 is 2.62 bits per heavy atom. The first kappa shape index (κ1) is 16.1. The zero-order valence-electron chi connectivity index (χ0n) is 13.5. The number of amides is 2. The number of carbonyl (C=O) groups is 2. The molecule has 0 bridgehead atoms. The molecular weight excluding hydrogens is 304 g/mol. The van der Waals surface area contributed by atoms with E-state index >= 15 is 0 Å². The summed E-state index contributed by atoms with van der Waals surface area (Å²) in [5, 5.41) is 12.3. The van der Waals surface area contributed by atoms with Crippen molar-refractivity contribution >= 4 is 17.5 Å².